The average molecular weight is 267 g/mol. The van der Waals surface area contributed by atoms with Crippen LogP contribution in [-0.4, -0.2) is 23.1 Å². The van der Waals surface area contributed by atoms with Gasteiger partial charge in [-0.3, -0.25) is 4.90 Å². The molecule has 1 aromatic rings. The lowest BCUT2D eigenvalue weighted by Crippen LogP contribution is -2.31. The minimum absolute atomic E-state index is 0.0290. The van der Waals surface area contributed by atoms with Crippen molar-refractivity contribution in [2.24, 2.45) is 5.92 Å². The van der Waals surface area contributed by atoms with Crippen LogP contribution in [0.5, 0.6) is 5.75 Å². The number of hydrogen-bond acceptors (Lipinski definition) is 2. The van der Waals surface area contributed by atoms with E-state index in [0.29, 0.717) is 11.5 Å². The van der Waals surface area contributed by atoms with Crippen molar-refractivity contribution in [1.29, 1.82) is 0 Å². The van der Waals surface area contributed by atoms with Crippen LogP contribution in [0.3, 0.4) is 0 Å². The summed E-state index contributed by atoms with van der Waals surface area (Å²) in [5, 5.41) is 9.90. The lowest BCUT2D eigenvalue weighted by atomic mass is 9.99. The molecule has 3 heteroatoms. The molecule has 0 bridgehead atoms. The van der Waals surface area contributed by atoms with E-state index in [0.717, 1.165) is 25.9 Å². The van der Waals surface area contributed by atoms with Crippen molar-refractivity contribution in [2.45, 2.75) is 46.6 Å². The van der Waals surface area contributed by atoms with Gasteiger partial charge in [-0.15, -0.1) is 0 Å². The van der Waals surface area contributed by atoms with E-state index in [-0.39, 0.29) is 17.6 Å². The molecule has 0 spiro atoms. The summed E-state index contributed by atoms with van der Waals surface area (Å²) in [6.07, 6.45) is 2.30. The van der Waals surface area contributed by atoms with Gasteiger partial charge in [-0.05, 0) is 37.6 Å². The second-order valence-corrected chi connectivity index (χ2v) is 5.15. The summed E-state index contributed by atoms with van der Waals surface area (Å²) in [6, 6.07) is 4.20. The third-order valence-electron chi connectivity index (χ3n) is 4.04. The van der Waals surface area contributed by atoms with Gasteiger partial charge < -0.3 is 5.11 Å². The number of hydrogen-bond donors (Lipinski definition) is 1. The van der Waals surface area contributed by atoms with Gasteiger partial charge in [-0.25, -0.2) is 4.39 Å². The van der Waals surface area contributed by atoms with E-state index in [2.05, 4.69) is 25.7 Å². The van der Waals surface area contributed by atoms with Gasteiger partial charge in [0.05, 0.1) is 0 Å². The van der Waals surface area contributed by atoms with Gasteiger partial charge >= 0.3 is 0 Å². The van der Waals surface area contributed by atoms with E-state index in [1.165, 1.54) is 18.2 Å². The summed E-state index contributed by atoms with van der Waals surface area (Å²) in [6.45, 7) is 10.4. The zero-order valence-corrected chi connectivity index (χ0v) is 12.5. The molecule has 0 fully saturated rings. The third kappa shape index (κ3) is 4.20. The van der Waals surface area contributed by atoms with Crippen LogP contribution < -0.4 is 0 Å². The Morgan fingerprint density at radius 2 is 1.84 bits per heavy atom. The number of phenols is 1. The predicted molar refractivity (Wildman–Crippen MR) is 77.8 cm³/mol. The molecular formula is C16H26FNO. The SMILES string of the molecule is CCC(CC)CN(CC)C(C)c1cc(F)ccc1O. The maximum atomic E-state index is 13.3. The zero-order valence-electron chi connectivity index (χ0n) is 12.5. The van der Waals surface area contributed by atoms with Crippen molar-refractivity contribution in [3.8, 4) is 5.75 Å². The van der Waals surface area contributed by atoms with Crippen LogP contribution in [0.15, 0.2) is 18.2 Å². The second-order valence-electron chi connectivity index (χ2n) is 5.15. The molecule has 0 aliphatic carbocycles. The summed E-state index contributed by atoms with van der Waals surface area (Å²) in [4.78, 5) is 2.30. The average Bonchev–Trinajstić information content (AvgIpc) is 2.42. The van der Waals surface area contributed by atoms with Crippen molar-refractivity contribution in [3.05, 3.63) is 29.6 Å². The minimum atomic E-state index is -0.293. The normalized spacial score (nSPS) is 13.2. The van der Waals surface area contributed by atoms with E-state index in [1.54, 1.807) is 0 Å². The Morgan fingerprint density at radius 1 is 1.21 bits per heavy atom. The zero-order chi connectivity index (χ0) is 14.4. The molecule has 0 radical (unpaired) electrons. The number of rotatable bonds is 7. The molecule has 1 atom stereocenters. The molecule has 1 rings (SSSR count). The highest BCUT2D eigenvalue weighted by atomic mass is 19.1. The first-order valence-electron chi connectivity index (χ1n) is 7.25. The Kier molecular flexibility index (Phi) is 6.29. The van der Waals surface area contributed by atoms with Crippen molar-refractivity contribution in [2.75, 3.05) is 13.1 Å². The first kappa shape index (κ1) is 16.0. The van der Waals surface area contributed by atoms with Crippen LogP contribution >= 0.6 is 0 Å². The molecule has 1 aromatic carbocycles. The van der Waals surface area contributed by atoms with E-state index < -0.39 is 0 Å². The number of phenolic OH excluding ortho intramolecular Hbond substituents is 1. The molecular weight excluding hydrogens is 241 g/mol. The summed E-state index contributed by atoms with van der Waals surface area (Å²) >= 11 is 0. The molecule has 19 heavy (non-hydrogen) atoms. The largest absolute Gasteiger partial charge is 0.508 e. The van der Waals surface area contributed by atoms with E-state index >= 15 is 0 Å². The predicted octanol–water partition coefficient (Wildman–Crippen LogP) is 4.35. The molecule has 0 heterocycles. The molecule has 1 unspecified atom stereocenters. The fourth-order valence-electron chi connectivity index (χ4n) is 2.50. The van der Waals surface area contributed by atoms with Crippen LogP contribution in [0, 0.1) is 11.7 Å². The highest BCUT2D eigenvalue weighted by molar-refractivity contribution is 5.34. The molecule has 0 saturated heterocycles. The van der Waals surface area contributed by atoms with Gasteiger partial charge in [-0.1, -0.05) is 33.6 Å². The Labute approximate surface area is 116 Å². The van der Waals surface area contributed by atoms with Gasteiger partial charge in [0.2, 0.25) is 0 Å². The van der Waals surface area contributed by atoms with Gasteiger partial charge in [0.15, 0.2) is 0 Å². The van der Waals surface area contributed by atoms with Crippen LogP contribution in [0.4, 0.5) is 4.39 Å². The van der Waals surface area contributed by atoms with E-state index in [9.17, 15) is 9.50 Å². The molecule has 0 aliphatic rings. The highest BCUT2D eigenvalue weighted by Gasteiger charge is 2.20. The van der Waals surface area contributed by atoms with Gasteiger partial charge in [0.25, 0.3) is 0 Å². The van der Waals surface area contributed by atoms with E-state index in [1.807, 2.05) is 6.92 Å². The van der Waals surface area contributed by atoms with Crippen LogP contribution in [0.2, 0.25) is 0 Å². The van der Waals surface area contributed by atoms with Crippen molar-refractivity contribution in [3.63, 3.8) is 0 Å². The van der Waals surface area contributed by atoms with Crippen LogP contribution in [0.25, 0.3) is 0 Å². The minimum Gasteiger partial charge on any atom is -0.508 e. The molecule has 0 aliphatic heterocycles. The van der Waals surface area contributed by atoms with Crippen molar-refractivity contribution in [1.82, 2.24) is 4.90 Å². The standard InChI is InChI=1S/C16H26FNO/c1-5-13(6-2)11-18(7-3)12(4)15-10-14(17)8-9-16(15)19/h8-10,12-13,19H,5-7,11H2,1-4H3. The van der Waals surface area contributed by atoms with Crippen LogP contribution in [-0.2, 0) is 0 Å². The van der Waals surface area contributed by atoms with Gasteiger partial charge in [0.1, 0.15) is 11.6 Å². The quantitative estimate of drug-likeness (QED) is 0.794. The summed E-state index contributed by atoms with van der Waals surface area (Å²) in [5.74, 6) is 0.535. The molecule has 0 saturated carbocycles. The third-order valence-corrected chi connectivity index (χ3v) is 4.04. The smallest absolute Gasteiger partial charge is 0.123 e. The fourth-order valence-corrected chi connectivity index (χ4v) is 2.50. The Morgan fingerprint density at radius 3 is 2.37 bits per heavy atom. The Bertz CT molecular complexity index is 390. The number of halogens is 1. The topological polar surface area (TPSA) is 23.5 Å². The lowest BCUT2D eigenvalue weighted by Gasteiger charge is -2.31. The summed E-state index contributed by atoms with van der Waals surface area (Å²) < 4.78 is 13.3. The van der Waals surface area contributed by atoms with Crippen LogP contribution in [0.1, 0.15) is 52.1 Å². The molecule has 2 nitrogen and oxygen atoms in total. The summed E-state index contributed by atoms with van der Waals surface area (Å²) in [5.41, 5.74) is 0.674. The first-order chi connectivity index (χ1) is 9.03. The van der Waals surface area contributed by atoms with Crippen molar-refractivity contribution < 1.29 is 9.50 Å². The highest BCUT2D eigenvalue weighted by Crippen LogP contribution is 2.30. The molecule has 0 aromatic heterocycles. The molecule has 108 valence electrons. The monoisotopic (exact) mass is 267 g/mol. The molecule has 1 N–H and O–H groups in total. The number of aromatic hydroxyl groups is 1. The van der Waals surface area contributed by atoms with Gasteiger partial charge in [-0.2, -0.15) is 0 Å². The fraction of sp³-hybridized carbons (Fsp3) is 0.625. The Hall–Kier alpha value is -1.09. The summed E-state index contributed by atoms with van der Waals surface area (Å²) in [7, 11) is 0. The number of benzene rings is 1. The Balaban J connectivity index is 2.88. The maximum Gasteiger partial charge on any atom is 0.123 e. The van der Waals surface area contributed by atoms with Gasteiger partial charge in [0, 0.05) is 18.2 Å². The number of nitrogens with zero attached hydrogens (tertiary/aromatic N) is 1. The maximum absolute atomic E-state index is 13.3. The second kappa shape index (κ2) is 7.49. The van der Waals surface area contributed by atoms with E-state index in [4.69, 9.17) is 0 Å². The lowest BCUT2D eigenvalue weighted by molar-refractivity contribution is 0.179. The van der Waals surface area contributed by atoms with Crippen molar-refractivity contribution >= 4 is 0 Å². The molecule has 0 amide bonds. The first-order valence-corrected chi connectivity index (χ1v) is 7.25.